The Bertz CT molecular complexity index is 590. The molecule has 5 heteroatoms. The molecule has 0 aliphatic heterocycles. The van der Waals surface area contributed by atoms with Gasteiger partial charge in [0.25, 0.3) is 0 Å². The first kappa shape index (κ1) is 11.7. The summed E-state index contributed by atoms with van der Waals surface area (Å²) in [7, 11) is 0. The molecule has 88 valence electrons. The highest BCUT2D eigenvalue weighted by molar-refractivity contribution is 6.31. The number of nitrogens with zero attached hydrogens (tertiary/aromatic N) is 2. The van der Waals surface area contributed by atoms with Crippen LogP contribution in [0.15, 0.2) is 24.5 Å². The van der Waals surface area contributed by atoms with Gasteiger partial charge in [-0.2, -0.15) is 0 Å². The molecular weight excluding hydrogens is 240 g/mol. The lowest BCUT2D eigenvalue weighted by atomic mass is 10.1. The highest BCUT2D eigenvalue weighted by Gasteiger charge is 2.14. The van der Waals surface area contributed by atoms with Crippen LogP contribution in [0, 0.1) is 13.8 Å². The number of aromatic carboxylic acids is 1. The average Bonchev–Trinajstić information content (AvgIpc) is 2.60. The molecule has 0 atom stereocenters. The Morgan fingerprint density at radius 2 is 2.12 bits per heavy atom. The number of benzene rings is 1. The van der Waals surface area contributed by atoms with E-state index in [1.807, 2.05) is 13.8 Å². The summed E-state index contributed by atoms with van der Waals surface area (Å²) in [4.78, 5) is 15.3. The van der Waals surface area contributed by atoms with Gasteiger partial charge in [0.1, 0.15) is 0 Å². The first-order chi connectivity index (χ1) is 8.00. The molecule has 1 N–H and O–H groups in total. The van der Waals surface area contributed by atoms with Crippen molar-refractivity contribution in [3.05, 3.63) is 46.5 Å². The summed E-state index contributed by atoms with van der Waals surface area (Å²) in [6, 6.07) is 4.78. The van der Waals surface area contributed by atoms with Gasteiger partial charge in [-0.05, 0) is 32.0 Å². The number of hydrogen-bond donors (Lipinski definition) is 1. The van der Waals surface area contributed by atoms with E-state index >= 15 is 0 Å². The van der Waals surface area contributed by atoms with Crippen LogP contribution in [0.4, 0.5) is 0 Å². The Morgan fingerprint density at radius 1 is 1.41 bits per heavy atom. The van der Waals surface area contributed by atoms with Gasteiger partial charge < -0.3 is 9.67 Å². The molecule has 0 saturated heterocycles. The van der Waals surface area contributed by atoms with Gasteiger partial charge in [-0.1, -0.05) is 11.6 Å². The lowest BCUT2D eigenvalue weighted by molar-refractivity contribution is 0.0697. The van der Waals surface area contributed by atoms with Crippen molar-refractivity contribution in [1.82, 2.24) is 9.55 Å². The predicted octanol–water partition coefficient (Wildman–Crippen LogP) is 2.84. The van der Waals surface area contributed by atoms with Crippen LogP contribution in [-0.2, 0) is 0 Å². The Morgan fingerprint density at radius 3 is 2.65 bits per heavy atom. The zero-order valence-electron chi connectivity index (χ0n) is 9.44. The number of halogens is 1. The minimum absolute atomic E-state index is 0.165. The van der Waals surface area contributed by atoms with Crippen LogP contribution in [0.2, 0.25) is 5.02 Å². The van der Waals surface area contributed by atoms with Crippen molar-refractivity contribution in [2.75, 3.05) is 0 Å². The second kappa shape index (κ2) is 4.22. The molecule has 0 amide bonds. The van der Waals surface area contributed by atoms with Gasteiger partial charge in [-0.15, -0.1) is 0 Å². The quantitative estimate of drug-likeness (QED) is 0.892. The number of aryl methyl sites for hydroxylation is 1. The molecule has 2 rings (SSSR count). The third kappa shape index (κ3) is 2.03. The SMILES string of the molecule is Cc1ncn(-c2ccc(Cl)cc2C(=O)O)c1C. The van der Waals surface area contributed by atoms with Crippen molar-refractivity contribution in [3.63, 3.8) is 0 Å². The van der Waals surface area contributed by atoms with E-state index in [4.69, 9.17) is 16.7 Å². The topological polar surface area (TPSA) is 55.1 Å². The van der Waals surface area contributed by atoms with Crippen molar-refractivity contribution < 1.29 is 9.90 Å². The monoisotopic (exact) mass is 250 g/mol. The number of aromatic nitrogens is 2. The van der Waals surface area contributed by atoms with Crippen LogP contribution < -0.4 is 0 Å². The van der Waals surface area contributed by atoms with Gasteiger partial charge in [0.2, 0.25) is 0 Å². The average molecular weight is 251 g/mol. The third-order valence-electron chi connectivity index (χ3n) is 2.70. The number of hydrogen-bond acceptors (Lipinski definition) is 2. The van der Waals surface area contributed by atoms with Gasteiger partial charge in [0.05, 0.1) is 23.3 Å². The molecule has 0 aliphatic carbocycles. The highest BCUT2D eigenvalue weighted by atomic mass is 35.5. The zero-order chi connectivity index (χ0) is 12.6. The van der Waals surface area contributed by atoms with E-state index < -0.39 is 5.97 Å². The Balaban J connectivity index is 2.67. The van der Waals surface area contributed by atoms with Gasteiger partial charge >= 0.3 is 5.97 Å². The van der Waals surface area contributed by atoms with Crippen molar-refractivity contribution in [3.8, 4) is 5.69 Å². The molecule has 4 nitrogen and oxygen atoms in total. The summed E-state index contributed by atoms with van der Waals surface area (Å²) < 4.78 is 1.75. The standard InChI is InChI=1S/C12H11ClN2O2/c1-7-8(2)15(6-14-7)11-4-3-9(13)5-10(11)12(16)17/h3-6H,1-2H3,(H,16,17). The summed E-state index contributed by atoms with van der Waals surface area (Å²) in [6.07, 6.45) is 1.61. The zero-order valence-corrected chi connectivity index (χ0v) is 10.2. The maximum atomic E-state index is 11.2. The van der Waals surface area contributed by atoms with Gasteiger partial charge in [-0.3, -0.25) is 0 Å². The molecular formula is C12H11ClN2O2. The molecule has 0 spiro atoms. The Labute approximate surface area is 103 Å². The summed E-state index contributed by atoms with van der Waals surface area (Å²) in [5.74, 6) is -1.01. The molecule has 0 radical (unpaired) electrons. The van der Waals surface area contributed by atoms with E-state index in [9.17, 15) is 4.79 Å². The van der Waals surface area contributed by atoms with E-state index in [0.717, 1.165) is 11.4 Å². The normalized spacial score (nSPS) is 10.5. The molecule has 0 bridgehead atoms. The number of carbonyl (C=O) groups is 1. The highest BCUT2D eigenvalue weighted by Crippen LogP contribution is 2.22. The second-order valence-corrected chi connectivity index (χ2v) is 4.19. The first-order valence-corrected chi connectivity index (χ1v) is 5.42. The van der Waals surface area contributed by atoms with E-state index in [-0.39, 0.29) is 5.56 Å². The van der Waals surface area contributed by atoms with Crippen molar-refractivity contribution in [2.24, 2.45) is 0 Å². The second-order valence-electron chi connectivity index (χ2n) is 3.75. The van der Waals surface area contributed by atoms with E-state index in [1.165, 1.54) is 6.07 Å². The summed E-state index contributed by atoms with van der Waals surface area (Å²) >= 11 is 5.81. The number of imidazole rings is 1. The van der Waals surface area contributed by atoms with E-state index in [0.29, 0.717) is 10.7 Å². The van der Waals surface area contributed by atoms with E-state index in [1.54, 1.807) is 23.0 Å². The molecule has 0 saturated carbocycles. The van der Waals surface area contributed by atoms with Crippen LogP contribution in [-0.4, -0.2) is 20.6 Å². The smallest absolute Gasteiger partial charge is 0.337 e. The van der Waals surface area contributed by atoms with Crippen LogP contribution in [0.5, 0.6) is 0 Å². The molecule has 2 aromatic rings. The molecule has 0 fully saturated rings. The van der Waals surface area contributed by atoms with Gasteiger partial charge in [0, 0.05) is 10.7 Å². The van der Waals surface area contributed by atoms with E-state index in [2.05, 4.69) is 4.98 Å². The molecule has 1 aromatic heterocycles. The largest absolute Gasteiger partial charge is 0.478 e. The maximum absolute atomic E-state index is 11.2. The third-order valence-corrected chi connectivity index (χ3v) is 2.94. The summed E-state index contributed by atoms with van der Waals surface area (Å²) in [5.41, 5.74) is 2.52. The van der Waals surface area contributed by atoms with Crippen LogP contribution in [0.25, 0.3) is 5.69 Å². The number of carboxylic acids is 1. The molecule has 1 aromatic carbocycles. The lowest BCUT2D eigenvalue weighted by Gasteiger charge is -2.09. The van der Waals surface area contributed by atoms with Crippen molar-refractivity contribution in [2.45, 2.75) is 13.8 Å². The van der Waals surface area contributed by atoms with Gasteiger partial charge in [0.15, 0.2) is 0 Å². The summed E-state index contributed by atoms with van der Waals surface area (Å²) in [6.45, 7) is 3.77. The van der Waals surface area contributed by atoms with Gasteiger partial charge in [-0.25, -0.2) is 9.78 Å². The first-order valence-electron chi connectivity index (χ1n) is 5.04. The van der Waals surface area contributed by atoms with Crippen LogP contribution in [0.3, 0.4) is 0 Å². The fraction of sp³-hybridized carbons (Fsp3) is 0.167. The van der Waals surface area contributed by atoms with Crippen molar-refractivity contribution in [1.29, 1.82) is 0 Å². The molecule has 0 aliphatic rings. The minimum Gasteiger partial charge on any atom is -0.478 e. The Hall–Kier alpha value is -1.81. The van der Waals surface area contributed by atoms with Crippen molar-refractivity contribution >= 4 is 17.6 Å². The predicted molar refractivity (Wildman–Crippen MR) is 65.0 cm³/mol. The lowest BCUT2D eigenvalue weighted by Crippen LogP contribution is -2.06. The van der Waals surface area contributed by atoms with Crippen LogP contribution >= 0.6 is 11.6 Å². The maximum Gasteiger partial charge on any atom is 0.337 e. The molecule has 1 heterocycles. The Kier molecular flexibility index (Phi) is 2.90. The minimum atomic E-state index is -1.01. The summed E-state index contributed by atoms with van der Waals surface area (Å²) in [5, 5.41) is 9.56. The molecule has 0 unspecified atom stereocenters. The molecule has 17 heavy (non-hydrogen) atoms. The van der Waals surface area contributed by atoms with Crippen LogP contribution in [0.1, 0.15) is 21.7 Å². The number of carboxylic acid groups (broad SMARTS) is 1. The fourth-order valence-corrected chi connectivity index (χ4v) is 1.80. The number of rotatable bonds is 2. The fourth-order valence-electron chi connectivity index (χ4n) is 1.63.